The average Bonchev–Trinajstić information content (AvgIpc) is 2.50. The summed E-state index contributed by atoms with van der Waals surface area (Å²) in [6.45, 7) is 0.722. The van der Waals surface area contributed by atoms with Crippen LogP contribution in [0.2, 0.25) is 0 Å². The molecule has 3 rings (SSSR count). The molecule has 1 heterocycles. The first-order chi connectivity index (χ1) is 10.1. The molecular formula is C16H18O5. The molecule has 1 aliphatic heterocycles. The average molecular weight is 290 g/mol. The lowest BCUT2D eigenvalue weighted by Crippen LogP contribution is -2.09. The molecule has 2 aromatic rings. The van der Waals surface area contributed by atoms with E-state index in [-0.39, 0.29) is 17.2 Å². The molecule has 0 unspecified atom stereocenters. The standard InChI is InChI=1S/C10H12O3.C6H6O2/c1-12-9-5-7(11)6-10-8(9)3-2-4-13-10;7-5-3-1-2-4-6(5)8/h5-6,11H,2-4H2,1H3;1-4,7-8H. The third-order valence-corrected chi connectivity index (χ3v) is 3.08. The zero-order chi connectivity index (χ0) is 15.2. The highest BCUT2D eigenvalue weighted by atomic mass is 16.5. The van der Waals surface area contributed by atoms with Crippen molar-refractivity contribution in [3.05, 3.63) is 42.0 Å². The van der Waals surface area contributed by atoms with Crippen molar-refractivity contribution in [1.29, 1.82) is 0 Å². The first kappa shape index (κ1) is 14.8. The molecule has 0 aliphatic carbocycles. The minimum Gasteiger partial charge on any atom is -0.508 e. The Balaban J connectivity index is 0.000000173. The lowest BCUT2D eigenvalue weighted by Gasteiger charge is -2.19. The summed E-state index contributed by atoms with van der Waals surface area (Å²) >= 11 is 0. The van der Waals surface area contributed by atoms with E-state index in [2.05, 4.69) is 0 Å². The van der Waals surface area contributed by atoms with E-state index in [0.29, 0.717) is 0 Å². The second kappa shape index (κ2) is 6.74. The highest BCUT2D eigenvalue weighted by Crippen LogP contribution is 2.36. The van der Waals surface area contributed by atoms with Crippen LogP contribution in [0.15, 0.2) is 36.4 Å². The number of phenols is 3. The Labute approximate surface area is 123 Å². The molecule has 1 aliphatic rings. The van der Waals surface area contributed by atoms with Crippen molar-refractivity contribution >= 4 is 0 Å². The summed E-state index contributed by atoms with van der Waals surface area (Å²) in [6.07, 6.45) is 1.97. The number of hydrogen-bond acceptors (Lipinski definition) is 5. The molecule has 0 spiro atoms. The molecular weight excluding hydrogens is 272 g/mol. The third-order valence-electron chi connectivity index (χ3n) is 3.08. The predicted molar refractivity (Wildman–Crippen MR) is 78.2 cm³/mol. The van der Waals surface area contributed by atoms with Gasteiger partial charge in [-0.3, -0.25) is 0 Å². The molecule has 0 fully saturated rings. The molecule has 5 nitrogen and oxygen atoms in total. The maximum absolute atomic E-state index is 9.34. The summed E-state index contributed by atoms with van der Waals surface area (Å²) < 4.78 is 10.6. The van der Waals surface area contributed by atoms with Gasteiger partial charge in [-0.2, -0.15) is 0 Å². The van der Waals surface area contributed by atoms with E-state index in [1.807, 2.05) is 0 Å². The summed E-state index contributed by atoms with van der Waals surface area (Å²) in [7, 11) is 1.60. The van der Waals surface area contributed by atoms with Crippen LogP contribution in [0, 0.1) is 0 Å². The monoisotopic (exact) mass is 290 g/mol. The van der Waals surface area contributed by atoms with Crippen molar-refractivity contribution in [2.75, 3.05) is 13.7 Å². The van der Waals surface area contributed by atoms with Gasteiger partial charge in [-0.25, -0.2) is 0 Å². The molecule has 21 heavy (non-hydrogen) atoms. The van der Waals surface area contributed by atoms with Gasteiger partial charge in [-0.1, -0.05) is 12.1 Å². The molecule has 5 heteroatoms. The number of fused-ring (bicyclic) bond motifs is 1. The summed E-state index contributed by atoms with van der Waals surface area (Å²) in [5.41, 5.74) is 1.06. The van der Waals surface area contributed by atoms with E-state index in [9.17, 15) is 5.11 Å². The Bertz CT molecular complexity index is 571. The fourth-order valence-electron chi connectivity index (χ4n) is 2.06. The normalized spacial score (nSPS) is 12.4. The highest BCUT2D eigenvalue weighted by Gasteiger charge is 2.16. The van der Waals surface area contributed by atoms with Gasteiger partial charge < -0.3 is 24.8 Å². The minimum atomic E-state index is -0.0764. The van der Waals surface area contributed by atoms with Gasteiger partial charge in [0.25, 0.3) is 0 Å². The first-order valence-electron chi connectivity index (χ1n) is 6.61. The largest absolute Gasteiger partial charge is 0.508 e. The predicted octanol–water partition coefficient (Wildman–Crippen LogP) is 2.82. The summed E-state index contributed by atoms with van der Waals surface area (Å²) in [5, 5.41) is 26.7. The van der Waals surface area contributed by atoms with Crippen LogP contribution in [0.4, 0.5) is 0 Å². The quantitative estimate of drug-likeness (QED) is 0.704. The number of benzene rings is 2. The molecule has 0 bridgehead atoms. The van der Waals surface area contributed by atoms with Crippen LogP contribution in [-0.4, -0.2) is 29.0 Å². The third kappa shape index (κ3) is 3.72. The number of ether oxygens (including phenoxy) is 2. The summed E-state index contributed by atoms with van der Waals surface area (Å²) in [4.78, 5) is 0. The highest BCUT2D eigenvalue weighted by molar-refractivity contribution is 5.50. The van der Waals surface area contributed by atoms with E-state index in [0.717, 1.165) is 36.5 Å². The number of aromatic hydroxyl groups is 3. The van der Waals surface area contributed by atoms with Crippen molar-refractivity contribution in [2.24, 2.45) is 0 Å². The lowest BCUT2D eigenvalue weighted by atomic mass is 10.1. The fourth-order valence-corrected chi connectivity index (χ4v) is 2.06. The minimum absolute atomic E-state index is 0.0764. The molecule has 0 aromatic heterocycles. The Hall–Kier alpha value is -2.56. The number of hydrogen-bond donors (Lipinski definition) is 3. The van der Waals surface area contributed by atoms with E-state index in [4.69, 9.17) is 19.7 Å². The number of methoxy groups -OCH3 is 1. The summed E-state index contributed by atoms with van der Waals surface area (Å²) in [5.74, 6) is 1.51. The molecule has 2 aromatic carbocycles. The van der Waals surface area contributed by atoms with Crippen molar-refractivity contribution in [2.45, 2.75) is 12.8 Å². The fraction of sp³-hybridized carbons (Fsp3) is 0.250. The second-order valence-electron chi connectivity index (χ2n) is 4.57. The number of para-hydroxylation sites is 2. The SMILES string of the molecule is COc1cc(O)cc2c1CCCO2.Oc1ccccc1O. The van der Waals surface area contributed by atoms with Gasteiger partial charge in [0.1, 0.15) is 17.2 Å². The Kier molecular flexibility index (Phi) is 4.77. The smallest absolute Gasteiger partial charge is 0.157 e. The van der Waals surface area contributed by atoms with Crippen molar-refractivity contribution in [3.63, 3.8) is 0 Å². The Morgan fingerprint density at radius 1 is 1.05 bits per heavy atom. The van der Waals surface area contributed by atoms with Gasteiger partial charge in [-0.05, 0) is 25.0 Å². The number of rotatable bonds is 1. The van der Waals surface area contributed by atoms with Gasteiger partial charge in [0, 0.05) is 17.7 Å². The molecule has 3 N–H and O–H groups in total. The van der Waals surface area contributed by atoms with Crippen molar-refractivity contribution in [3.8, 4) is 28.7 Å². The van der Waals surface area contributed by atoms with Crippen molar-refractivity contribution < 1.29 is 24.8 Å². The molecule has 0 radical (unpaired) electrons. The Morgan fingerprint density at radius 3 is 2.29 bits per heavy atom. The molecule has 0 saturated carbocycles. The van der Waals surface area contributed by atoms with Crippen LogP contribution < -0.4 is 9.47 Å². The summed E-state index contributed by atoms with van der Waals surface area (Å²) in [6, 6.07) is 9.40. The second-order valence-corrected chi connectivity index (χ2v) is 4.57. The molecule has 0 atom stereocenters. The molecule has 0 saturated heterocycles. The number of phenolic OH excluding ortho intramolecular Hbond substituents is 3. The van der Waals surface area contributed by atoms with Crippen molar-refractivity contribution in [1.82, 2.24) is 0 Å². The van der Waals surface area contributed by atoms with Crippen LogP contribution in [-0.2, 0) is 6.42 Å². The van der Waals surface area contributed by atoms with Gasteiger partial charge in [0.15, 0.2) is 11.5 Å². The van der Waals surface area contributed by atoms with Crippen LogP contribution in [0.1, 0.15) is 12.0 Å². The zero-order valence-electron chi connectivity index (χ0n) is 11.7. The topological polar surface area (TPSA) is 79.2 Å². The lowest BCUT2D eigenvalue weighted by molar-refractivity contribution is 0.280. The van der Waals surface area contributed by atoms with Crippen LogP contribution in [0.3, 0.4) is 0 Å². The molecule has 0 amide bonds. The first-order valence-corrected chi connectivity index (χ1v) is 6.61. The van der Waals surface area contributed by atoms with Crippen LogP contribution >= 0.6 is 0 Å². The Morgan fingerprint density at radius 2 is 1.71 bits per heavy atom. The van der Waals surface area contributed by atoms with E-state index in [1.54, 1.807) is 31.4 Å². The zero-order valence-corrected chi connectivity index (χ0v) is 11.7. The molecule has 112 valence electrons. The van der Waals surface area contributed by atoms with E-state index in [1.165, 1.54) is 12.1 Å². The van der Waals surface area contributed by atoms with Crippen LogP contribution in [0.5, 0.6) is 28.7 Å². The maximum atomic E-state index is 9.34. The van der Waals surface area contributed by atoms with Gasteiger partial charge in [-0.15, -0.1) is 0 Å². The van der Waals surface area contributed by atoms with Gasteiger partial charge in [0.05, 0.1) is 13.7 Å². The van der Waals surface area contributed by atoms with E-state index < -0.39 is 0 Å². The maximum Gasteiger partial charge on any atom is 0.157 e. The van der Waals surface area contributed by atoms with E-state index >= 15 is 0 Å². The van der Waals surface area contributed by atoms with Gasteiger partial charge in [0.2, 0.25) is 0 Å². The van der Waals surface area contributed by atoms with Gasteiger partial charge >= 0.3 is 0 Å². The van der Waals surface area contributed by atoms with Crippen LogP contribution in [0.25, 0.3) is 0 Å².